The lowest BCUT2D eigenvalue weighted by Gasteiger charge is -2.39. The maximum atomic E-state index is 2.67. The van der Waals surface area contributed by atoms with Crippen molar-refractivity contribution in [3.05, 3.63) is 109 Å². The van der Waals surface area contributed by atoms with E-state index in [0.29, 0.717) is 0 Å². The van der Waals surface area contributed by atoms with Crippen LogP contribution in [0, 0.1) is 6.92 Å². The minimum Gasteiger partial charge on any atom is -0.276 e. The van der Waals surface area contributed by atoms with Gasteiger partial charge in [-0.25, -0.2) is 0 Å². The Labute approximate surface area is 211 Å². The third-order valence-corrected chi connectivity index (χ3v) is 10.8. The average Bonchev–Trinajstić information content (AvgIpc) is 3.58. The van der Waals surface area contributed by atoms with Crippen molar-refractivity contribution in [2.75, 3.05) is 12.5 Å². The molecule has 4 heteroatoms. The van der Waals surface area contributed by atoms with Gasteiger partial charge in [0.1, 0.15) is 0 Å². The van der Waals surface area contributed by atoms with Crippen LogP contribution >= 0.6 is 22.2 Å². The largest absolute Gasteiger partial charge is 0.276 e. The first-order chi connectivity index (χ1) is 17.2. The number of hydrogen-bond donors (Lipinski definition) is 0. The molecule has 6 aromatic rings. The number of aromatic nitrogens is 2. The van der Waals surface area contributed by atoms with Crippen LogP contribution in [0.5, 0.6) is 0 Å². The average molecular weight is 491 g/mol. The monoisotopic (exact) mass is 490 g/mol. The lowest BCUT2D eigenvalue weighted by atomic mass is 10.1. The highest BCUT2D eigenvalue weighted by Crippen LogP contribution is 2.78. The van der Waals surface area contributed by atoms with Crippen molar-refractivity contribution in [2.24, 2.45) is 0 Å². The molecule has 35 heavy (non-hydrogen) atoms. The van der Waals surface area contributed by atoms with Gasteiger partial charge in [-0.1, -0.05) is 66.2 Å². The highest BCUT2D eigenvalue weighted by atomic mass is 32.3. The van der Waals surface area contributed by atoms with Crippen LogP contribution in [0.1, 0.15) is 5.56 Å². The van der Waals surface area contributed by atoms with Crippen molar-refractivity contribution in [1.29, 1.82) is 0 Å². The quantitative estimate of drug-likeness (QED) is 0.206. The smallest absolute Gasteiger partial charge is 0.0785 e. The van der Waals surface area contributed by atoms with Crippen LogP contribution in [0.4, 0.5) is 0 Å². The standard InChI is InChI=1S/C29H20N2S.C2H6S/c1-19-14-15-25-21(16-19)18-27-26-17-20-8-2-5-11-24(20)30(26)32(31(25)27)28-12-6-3-9-22(28)23-10-4-7-13-29(23)32;1-3-2/h2-18H,1H3;1-2H3. The van der Waals surface area contributed by atoms with E-state index in [0.717, 1.165) is 0 Å². The molecule has 0 bridgehead atoms. The Balaban J connectivity index is 0.000000669. The summed E-state index contributed by atoms with van der Waals surface area (Å²) >= 11 is 1.75. The molecule has 4 aromatic carbocycles. The second-order valence-electron chi connectivity index (χ2n) is 9.22. The molecule has 0 atom stereocenters. The number of rotatable bonds is 0. The number of benzene rings is 4. The van der Waals surface area contributed by atoms with E-state index in [4.69, 9.17) is 0 Å². The van der Waals surface area contributed by atoms with Crippen molar-refractivity contribution in [3.8, 4) is 22.5 Å². The lowest BCUT2D eigenvalue weighted by molar-refractivity contribution is 1.24. The Morgan fingerprint density at radius 2 is 1.09 bits per heavy atom. The van der Waals surface area contributed by atoms with Crippen LogP contribution in [0.25, 0.3) is 44.3 Å². The van der Waals surface area contributed by atoms with Gasteiger partial charge in [0.05, 0.1) is 22.4 Å². The lowest BCUT2D eigenvalue weighted by Crippen LogP contribution is -2.13. The predicted octanol–water partition coefficient (Wildman–Crippen LogP) is 8.99. The molecule has 2 nitrogen and oxygen atoms in total. The number of hydrogen-bond acceptors (Lipinski definition) is 1. The molecule has 0 aliphatic carbocycles. The highest BCUT2D eigenvalue weighted by Gasteiger charge is 2.49. The van der Waals surface area contributed by atoms with E-state index in [-0.39, 0.29) is 0 Å². The summed E-state index contributed by atoms with van der Waals surface area (Å²) in [6.07, 6.45) is 4.08. The molecule has 0 saturated carbocycles. The first-order valence-electron chi connectivity index (χ1n) is 11.9. The molecule has 2 aliphatic heterocycles. The van der Waals surface area contributed by atoms with Crippen LogP contribution in [0.2, 0.25) is 0 Å². The summed E-state index contributed by atoms with van der Waals surface area (Å²) in [4.78, 5) is 2.86. The molecule has 1 spiro atoms. The van der Waals surface area contributed by atoms with Crippen molar-refractivity contribution < 1.29 is 0 Å². The van der Waals surface area contributed by atoms with E-state index < -0.39 is 10.4 Å². The van der Waals surface area contributed by atoms with E-state index >= 15 is 0 Å². The molecule has 0 unspecified atom stereocenters. The van der Waals surface area contributed by atoms with Gasteiger partial charge in [-0.05, 0) is 83.4 Å². The summed E-state index contributed by atoms with van der Waals surface area (Å²) in [6.45, 7) is 2.18. The fraction of sp³-hybridized carbons (Fsp3) is 0.0968. The van der Waals surface area contributed by atoms with Gasteiger partial charge in [-0.3, -0.25) is 7.94 Å². The number of thioether (sulfide) groups is 1. The van der Waals surface area contributed by atoms with E-state index in [1.165, 1.54) is 59.7 Å². The summed E-state index contributed by atoms with van der Waals surface area (Å²) in [5.41, 5.74) is 9.31. The molecule has 0 N–H and O–H groups in total. The van der Waals surface area contributed by atoms with Crippen LogP contribution in [-0.2, 0) is 0 Å². The van der Waals surface area contributed by atoms with Gasteiger partial charge in [-0.15, -0.1) is 0 Å². The molecule has 0 saturated heterocycles. The van der Waals surface area contributed by atoms with E-state index in [9.17, 15) is 0 Å². The minimum absolute atomic E-state index is 1.30. The highest BCUT2D eigenvalue weighted by molar-refractivity contribution is 8.32. The topological polar surface area (TPSA) is 9.86 Å². The molecule has 172 valence electrons. The Hall–Kier alpha value is -3.34. The first kappa shape index (κ1) is 21.0. The van der Waals surface area contributed by atoms with Gasteiger partial charge < -0.3 is 0 Å². The molecule has 2 aliphatic rings. The van der Waals surface area contributed by atoms with Crippen LogP contribution < -0.4 is 0 Å². The van der Waals surface area contributed by atoms with Crippen molar-refractivity contribution in [1.82, 2.24) is 7.94 Å². The second-order valence-corrected chi connectivity index (χ2v) is 12.7. The fourth-order valence-corrected chi connectivity index (χ4v) is 10.3. The molecule has 0 fully saturated rings. The molecule has 8 rings (SSSR count). The van der Waals surface area contributed by atoms with Crippen LogP contribution in [-0.4, -0.2) is 20.5 Å². The SMILES string of the molecule is CSC.Cc1ccc2c(c1)cc1n2S2(c3ccccc3-c3ccccc32)n2c-1cc1ccccc12. The van der Waals surface area contributed by atoms with Gasteiger partial charge >= 0.3 is 0 Å². The summed E-state index contributed by atoms with van der Waals surface area (Å²) < 4.78 is 5.34. The molecular formula is C31H26N2S2. The summed E-state index contributed by atoms with van der Waals surface area (Å²) in [6, 6.07) is 38.6. The number of fused-ring (bicyclic) bond motifs is 14. The van der Waals surface area contributed by atoms with E-state index in [2.05, 4.69) is 118 Å². The summed E-state index contributed by atoms with van der Waals surface area (Å²) in [7, 11) is -1.71. The Morgan fingerprint density at radius 3 is 1.74 bits per heavy atom. The van der Waals surface area contributed by atoms with Gasteiger partial charge in [0.15, 0.2) is 0 Å². The Bertz CT molecular complexity index is 1730. The van der Waals surface area contributed by atoms with E-state index in [1.54, 1.807) is 11.8 Å². The first-order valence-corrected chi connectivity index (χ1v) is 15.0. The number of nitrogens with zero attached hydrogens (tertiary/aromatic N) is 2. The zero-order chi connectivity index (χ0) is 23.7. The van der Waals surface area contributed by atoms with Gasteiger partial charge in [0.2, 0.25) is 0 Å². The Morgan fingerprint density at radius 1 is 0.571 bits per heavy atom. The summed E-state index contributed by atoms with van der Waals surface area (Å²) in [5.74, 6) is 0. The molecule has 4 heterocycles. The minimum atomic E-state index is -1.71. The molecular weight excluding hydrogens is 464 g/mol. The van der Waals surface area contributed by atoms with Gasteiger partial charge in [0, 0.05) is 20.6 Å². The van der Waals surface area contributed by atoms with Crippen LogP contribution in [0.3, 0.4) is 0 Å². The van der Waals surface area contributed by atoms with Gasteiger partial charge in [-0.2, -0.15) is 11.8 Å². The number of para-hydroxylation sites is 1. The van der Waals surface area contributed by atoms with Gasteiger partial charge in [0.25, 0.3) is 0 Å². The predicted molar refractivity (Wildman–Crippen MR) is 154 cm³/mol. The third-order valence-electron chi connectivity index (χ3n) is 7.05. The van der Waals surface area contributed by atoms with Crippen molar-refractivity contribution >= 4 is 44.0 Å². The zero-order valence-electron chi connectivity index (χ0n) is 20.0. The molecule has 0 radical (unpaired) electrons. The molecule has 0 amide bonds. The van der Waals surface area contributed by atoms with Crippen molar-refractivity contribution in [3.63, 3.8) is 0 Å². The van der Waals surface area contributed by atoms with Crippen molar-refractivity contribution in [2.45, 2.75) is 16.7 Å². The third kappa shape index (κ3) is 2.59. The molecule has 2 aromatic heterocycles. The van der Waals surface area contributed by atoms with E-state index in [1.807, 2.05) is 12.5 Å². The normalized spacial score (nSPS) is 14.8. The maximum Gasteiger partial charge on any atom is 0.0785 e. The number of aryl methyl sites for hydroxylation is 1. The Kier molecular flexibility index (Phi) is 4.54. The maximum absolute atomic E-state index is 2.67. The van der Waals surface area contributed by atoms with Crippen LogP contribution in [0.15, 0.2) is 113 Å². The fourth-order valence-electron chi connectivity index (χ4n) is 5.83. The second kappa shape index (κ2) is 7.58. The zero-order valence-corrected chi connectivity index (χ0v) is 21.7. The summed E-state index contributed by atoms with van der Waals surface area (Å²) in [5, 5.41) is 2.63.